The van der Waals surface area contributed by atoms with E-state index < -0.39 is 5.54 Å². The highest BCUT2D eigenvalue weighted by Gasteiger charge is 2.36. The summed E-state index contributed by atoms with van der Waals surface area (Å²) in [7, 11) is 1.79. The van der Waals surface area contributed by atoms with Crippen LogP contribution in [0.15, 0.2) is 24.3 Å². The summed E-state index contributed by atoms with van der Waals surface area (Å²) in [6.07, 6.45) is 0.928. The molecule has 0 aliphatic carbocycles. The van der Waals surface area contributed by atoms with Gasteiger partial charge in [0.2, 0.25) is 0 Å². The Morgan fingerprint density at radius 2 is 2.24 bits per heavy atom. The van der Waals surface area contributed by atoms with Gasteiger partial charge in [-0.05, 0) is 39.4 Å². The van der Waals surface area contributed by atoms with Crippen molar-refractivity contribution in [2.75, 3.05) is 38.3 Å². The van der Waals surface area contributed by atoms with Crippen LogP contribution in [0.25, 0.3) is 0 Å². The van der Waals surface area contributed by atoms with E-state index in [1.807, 2.05) is 38.1 Å². The Bertz CT molecular complexity index is 492. The number of nitrogens with zero attached hydrogens (tertiary/aromatic N) is 1. The third-order valence-electron chi connectivity index (χ3n) is 3.82. The van der Waals surface area contributed by atoms with Crippen LogP contribution in [0.2, 0.25) is 0 Å². The summed E-state index contributed by atoms with van der Waals surface area (Å²) in [5.41, 5.74) is 0.286. The average Bonchev–Trinajstić information content (AvgIpc) is 2.70. The molecule has 0 saturated carbocycles. The molecule has 1 aromatic rings. The van der Waals surface area contributed by atoms with Crippen molar-refractivity contribution < 1.29 is 14.3 Å². The quantitative estimate of drug-likeness (QED) is 0.839. The number of anilines is 1. The second-order valence-electron chi connectivity index (χ2n) is 5.39. The molecule has 2 rings (SSSR count). The first kappa shape index (κ1) is 15.6. The summed E-state index contributed by atoms with van der Waals surface area (Å²) in [5.74, 6) is 0.646. The second-order valence-corrected chi connectivity index (χ2v) is 5.39. The number of rotatable bonds is 5. The number of likely N-dealkylation sites (N-methyl/N-ethyl adjacent to an activating group) is 1. The highest BCUT2D eigenvalue weighted by molar-refractivity contribution is 5.81. The first-order chi connectivity index (χ1) is 10.1. The Hall–Kier alpha value is -1.75. The predicted molar refractivity (Wildman–Crippen MR) is 82.9 cm³/mol. The third-order valence-corrected chi connectivity index (χ3v) is 3.82. The van der Waals surface area contributed by atoms with E-state index in [0.29, 0.717) is 19.8 Å². The molecular weight excluding hydrogens is 268 g/mol. The minimum atomic E-state index is -0.743. The molecule has 5 nitrogen and oxygen atoms in total. The summed E-state index contributed by atoms with van der Waals surface area (Å²) >= 11 is 0. The molecule has 0 saturated heterocycles. The Morgan fingerprint density at radius 1 is 1.48 bits per heavy atom. The number of hydrogen-bond acceptors (Lipinski definition) is 5. The van der Waals surface area contributed by atoms with Gasteiger partial charge < -0.3 is 19.7 Å². The maximum absolute atomic E-state index is 12.2. The van der Waals surface area contributed by atoms with Gasteiger partial charge in [0.25, 0.3) is 0 Å². The zero-order chi connectivity index (χ0) is 15.3. The lowest BCUT2D eigenvalue weighted by atomic mass is 10.0. The molecule has 1 atom stereocenters. The lowest BCUT2D eigenvalue weighted by Crippen LogP contribution is -2.56. The molecule has 1 heterocycles. The number of para-hydroxylation sites is 2. The zero-order valence-corrected chi connectivity index (χ0v) is 13.0. The lowest BCUT2D eigenvalue weighted by molar-refractivity contribution is -0.149. The van der Waals surface area contributed by atoms with Crippen LogP contribution in [0, 0.1) is 0 Å². The molecule has 21 heavy (non-hydrogen) atoms. The molecule has 0 spiro atoms. The third kappa shape index (κ3) is 3.47. The van der Waals surface area contributed by atoms with Gasteiger partial charge in [0.1, 0.15) is 11.3 Å². The molecule has 0 amide bonds. The molecule has 1 aromatic carbocycles. The average molecular weight is 292 g/mol. The smallest absolute Gasteiger partial charge is 0.327 e. The fourth-order valence-corrected chi connectivity index (χ4v) is 2.48. The Labute approximate surface area is 126 Å². The van der Waals surface area contributed by atoms with E-state index >= 15 is 0 Å². The van der Waals surface area contributed by atoms with Gasteiger partial charge in [-0.1, -0.05) is 12.1 Å². The van der Waals surface area contributed by atoms with Crippen molar-refractivity contribution in [1.29, 1.82) is 0 Å². The van der Waals surface area contributed by atoms with E-state index in [2.05, 4.69) is 10.2 Å². The van der Waals surface area contributed by atoms with Gasteiger partial charge in [0.05, 0.1) is 18.9 Å². The number of esters is 1. The van der Waals surface area contributed by atoms with E-state index in [9.17, 15) is 4.79 Å². The molecule has 1 aliphatic rings. The number of ether oxygens (including phenoxy) is 2. The monoisotopic (exact) mass is 292 g/mol. The summed E-state index contributed by atoms with van der Waals surface area (Å²) in [6, 6.07) is 7.95. The zero-order valence-electron chi connectivity index (χ0n) is 13.0. The molecule has 0 bridgehead atoms. The van der Waals surface area contributed by atoms with E-state index in [4.69, 9.17) is 9.47 Å². The molecule has 116 valence electrons. The number of fused-ring (bicyclic) bond motifs is 1. The summed E-state index contributed by atoms with van der Waals surface area (Å²) in [5, 5.41) is 3.10. The number of carbonyl (C=O) groups excluding carboxylic acids is 1. The highest BCUT2D eigenvalue weighted by atomic mass is 16.5. The van der Waals surface area contributed by atoms with Gasteiger partial charge >= 0.3 is 5.97 Å². The van der Waals surface area contributed by atoms with Crippen LogP contribution in [-0.4, -0.2) is 44.9 Å². The van der Waals surface area contributed by atoms with Gasteiger partial charge in [-0.3, -0.25) is 0 Å². The maximum atomic E-state index is 12.2. The van der Waals surface area contributed by atoms with Crippen molar-refractivity contribution in [1.82, 2.24) is 5.32 Å². The van der Waals surface area contributed by atoms with Crippen LogP contribution in [0.1, 0.15) is 20.3 Å². The minimum Gasteiger partial charge on any atom is -0.491 e. The Morgan fingerprint density at radius 3 is 2.95 bits per heavy atom. The first-order valence-electron chi connectivity index (χ1n) is 7.43. The molecule has 1 aliphatic heterocycles. The van der Waals surface area contributed by atoms with Crippen molar-refractivity contribution in [3.63, 3.8) is 0 Å². The number of hydrogen-bond donors (Lipinski definition) is 1. The Kier molecular flexibility index (Phi) is 5.07. The van der Waals surface area contributed by atoms with Gasteiger partial charge in [0, 0.05) is 13.1 Å². The molecule has 1 N–H and O–H groups in total. The molecule has 0 fully saturated rings. The van der Waals surface area contributed by atoms with Crippen LogP contribution in [0.3, 0.4) is 0 Å². The van der Waals surface area contributed by atoms with Gasteiger partial charge in [0.15, 0.2) is 0 Å². The van der Waals surface area contributed by atoms with Gasteiger partial charge in [-0.25, -0.2) is 4.79 Å². The number of nitrogens with one attached hydrogen (secondary N) is 1. The van der Waals surface area contributed by atoms with Crippen LogP contribution >= 0.6 is 0 Å². The van der Waals surface area contributed by atoms with E-state index in [1.54, 1.807) is 7.05 Å². The fraction of sp³-hybridized carbons (Fsp3) is 0.562. The molecule has 1 unspecified atom stereocenters. The highest BCUT2D eigenvalue weighted by Crippen LogP contribution is 2.31. The van der Waals surface area contributed by atoms with E-state index in [0.717, 1.165) is 24.4 Å². The molecule has 5 heteroatoms. The molecule has 0 radical (unpaired) electrons. The van der Waals surface area contributed by atoms with Crippen molar-refractivity contribution in [3.8, 4) is 5.75 Å². The topological polar surface area (TPSA) is 50.8 Å². The van der Waals surface area contributed by atoms with E-state index in [-0.39, 0.29) is 5.97 Å². The first-order valence-corrected chi connectivity index (χ1v) is 7.43. The minimum absolute atomic E-state index is 0.227. The number of carbonyl (C=O) groups is 1. The summed E-state index contributed by atoms with van der Waals surface area (Å²) in [4.78, 5) is 14.4. The van der Waals surface area contributed by atoms with Gasteiger partial charge in [-0.2, -0.15) is 0 Å². The standard InChI is InChI=1S/C16H24N2O3/c1-4-20-15(19)16(2,17-3)12-18-10-7-11-21-14-9-6-5-8-13(14)18/h5-6,8-9,17H,4,7,10-12H2,1-3H3. The lowest BCUT2D eigenvalue weighted by Gasteiger charge is -2.34. The van der Waals surface area contributed by atoms with E-state index in [1.165, 1.54) is 0 Å². The van der Waals surface area contributed by atoms with Crippen molar-refractivity contribution in [2.24, 2.45) is 0 Å². The van der Waals surface area contributed by atoms with Gasteiger partial charge in [-0.15, -0.1) is 0 Å². The van der Waals surface area contributed by atoms with Crippen LogP contribution in [-0.2, 0) is 9.53 Å². The van der Waals surface area contributed by atoms with Crippen molar-refractivity contribution in [3.05, 3.63) is 24.3 Å². The van der Waals surface area contributed by atoms with Crippen molar-refractivity contribution >= 4 is 11.7 Å². The largest absolute Gasteiger partial charge is 0.491 e. The van der Waals surface area contributed by atoms with Crippen LogP contribution < -0.4 is 15.0 Å². The summed E-state index contributed by atoms with van der Waals surface area (Å²) < 4.78 is 11.0. The predicted octanol–water partition coefficient (Wildman–Crippen LogP) is 1.82. The Balaban J connectivity index is 2.23. The van der Waals surface area contributed by atoms with Crippen molar-refractivity contribution in [2.45, 2.75) is 25.8 Å². The molecular formula is C16H24N2O3. The maximum Gasteiger partial charge on any atom is 0.327 e. The summed E-state index contributed by atoms with van der Waals surface area (Å²) in [6.45, 7) is 6.18. The normalized spacial score (nSPS) is 17.2. The molecule has 0 aromatic heterocycles. The number of benzene rings is 1. The fourth-order valence-electron chi connectivity index (χ4n) is 2.48. The second kappa shape index (κ2) is 6.80. The van der Waals surface area contributed by atoms with Crippen LogP contribution in [0.5, 0.6) is 5.75 Å². The van der Waals surface area contributed by atoms with Crippen LogP contribution in [0.4, 0.5) is 5.69 Å². The SMILES string of the molecule is CCOC(=O)C(C)(CN1CCCOc2ccccc21)NC.